The molecule has 0 radical (unpaired) electrons. The molecule has 0 saturated carbocycles. The molecule has 0 amide bonds. The fraction of sp³-hybridized carbons (Fsp3) is 0.533. The van der Waals surface area contributed by atoms with Crippen LogP contribution in [0, 0.1) is 0 Å². The van der Waals surface area contributed by atoms with Crippen LogP contribution in [0.5, 0.6) is 0 Å². The SMILES string of the molecule is CN1CCCN(C(=S)Nc2cccc(S(=O)(=O)N(C)C)c2)CC1. The van der Waals surface area contributed by atoms with Gasteiger partial charge in [-0.2, -0.15) is 0 Å². The molecule has 0 unspecified atom stereocenters. The summed E-state index contributed by atoms with van der Waals surface area (Å²) in [5.41, 5.74) is 0.690. The number of hydrogen-bond donors (Lipinski definition) is 1. The van der Waals surface area contributed by atoms with Gasteiger partial charge in [-0.1, -0.05) is 6.07 Å². The summed E-state index contributed by atoms with van der Waals surface area (Å²) >= 11 is 5.48. The molecular formula is C15H24N4O2S2. The minimum atomic E-state index is -3.44. The standard InChI is InChI=1S/C15H24N4O2S2/c1-17(2)23(20,21)14-7-4-6-13(12-14)16-15(22)19-9-5-8-18(3)10-11-19/h4,6-7,12H,5,8-11H2,1-3H3,(H,16,22). The van der Waals surface area contributed by atoms with E-state index in [9.17, 15) is 8.42 Å². The minimum absolute atomic E-state index is 0.255. The highest BCUT2D eigenvalue weighted by Crippen LogP contribution is 2.18. The van der Waals surface area contributed by atoms with Gasteiger partial charge in [0, 0.05) is 39.4 Å². The van der Waals surface area contributed by atoms with E-state index in [-0.39, 0.29) is 4.90 Å². The van der Waals surface area contributed by atoms with Crippen LogP contribution in [0.1, 0.15) is 6.42 Å². The third-order valence-electron chi connectivity index (χ3n) is 3.87. The van der Waals surface area contributed by atoms with Crippen LogP contribution < -0.4 is 5.32 Å². The Balaban J connectivity index is 2.10. The number of anilines is 1. The van der Waals surface area contributed by atoms with Gasteiger partial charge in [-0.3, -0.25) is 0 Å². The molecule has 0 bridgehead atoms. The van der Waals surface area contributed by atoms with Gasteiger partial charge in [-0.25, -0.2) is 12.7 Å². The highest BCUT2D eigenvalue weighted by atomic mass is 32.2. The fourth-order valence-electron chi connectivity index (χ4n) is 2.40. The number of rotatable bonds is 3. The molecule has 1 N–H and O–H groups in total. The third kappa shape index (κ3) is 4.63. The molecule has 1 heterocycles. The third-order valence-corrected chi connectivity index (χ3v) is 6.04. The van der Waals surface area contributed by atoms with E-state index in [1.165, 1.54) is 18.4 Å². The molecule has 0 aliphatic carbocycles. The Morgan fingerprint density at radius 1 is 1.22 bits per heavy atom. The maximum atomic E-state index is 12.2. The Hall–Kier alpha value is -1.22. The van der Waals surface area contributed by atoms with Crippen molar-refractivity contribution >= 4 is 33.0 Å². The van der Waals surface area contributed by atoms with Gasteiger partial charge < -0.3 is 15.1 Å². The summed E-state index contributed by atoms with van der Waals surface area (Å²) < 4.78 is 25.6. The maximum Gasteiger partial charge on any atom is 0.242 e. The van der Waals surface area contributed by atoms with Crippen molar-refractivity contribution in [3.8, 4) is 0 Å². The van der Waals surface area contributed by atoms with Crippen LogP contribution in [0.3, 0.4) is 0 Å². The van der Waals surface area contributed by atoms with Crippen molar-refractivity contribution in [2.75, 3.05) is 52.6 Å². The van der Waals surface area contributed by atoms with Crippen LogP contribution in [0.2, 0.25) is 0 Å². The van der Waals surface area contributed by atoms with E-state index >= 15 is 0 Å². The largest absolute Gasteiger partial charge is 0.348 e. The second-order valence-corrected chi connectivity index (χ2v) is 8.43. The highest BCUT2D eigenvalue weighted by molar-refractivity contribution is 7.89. The Morgan fingerprint density at radius 3 is 2.65 bits per heavy atom. The van der Waals surface area contributed by atoms with Crippen LogP contribution in [0.4, 0.5) is 5.69 Å². The van der Waals surface area contributed by atoms with E-state index in [1.807, 2.05) is 6.07 Å². The fourth-order valence-corrected chi connectivity index (χ4v) is 3.65. The van der Waals surface area contributed by atoms with Crippen molar-refractivity contribution in [2.24, 2.45) is 0 Å². The van der Waals surface area contributed by atoms with E-state index in [4.69, 9.17) is 12.2 Å². The van der Waals surface area contributed by atoms with Gasteiger partial charge in [0.25, 0.3) is 0 Å². The first-order chi connectivity index (χ1) is 10.8. The lowest BCUT2D eigenvalue weighted by atomic mass is 10.3. The number of likely N-dealkylation sites (N-methyl/N-ethyl adjacent to an activating group) is 1. The van der Waals surface area contributed by atoms with Gasteiger partial charge in [0.1, 0.15) is 0 Å². The summed E-state index contributed by atoms with van der Waals surface area (Å²) in [7, 11) is 1.71. The molecule has 0 spiro atoms. The molecule has 23 heavy (non-hydrogen) atoms. The Bertz CT molecular complexity index is 661. The first-order valence-corrected chi connectivity index (χ1v) is 9.42. The summed E-state index contributed by atoms with van der Waals surface area (Å²) in [5, 5.41) is 3.80. The number of nitrogens with one attached hydrogen (secondary N) is 1. The van der Waals surface area contributed by atoms with Crippen molar-refractivity contribution in [1.82, 2.24) is 14.1 Å². The lowest BCUT2D eigenvalue weighted by Crippen LogP contribution is -2.37. The second kappa shape index (κ2) is 7.57. The molecular weight excluding hydrogens is 332 g/mol. The Morgan fingerprint density at radius 2 is 1.96 bits per heavy atom. The molecule has 1 aliphatic rings. The second-order valence-electron chi connectivity index (χ2n) is 5.89. The van der Waals surface area contributed by atoms with Crippen LogP contribution in [-0.4, -0.2) is 75.0 Å². The number of nitrogens with zero attached hydrogens (tertiary/aromatic N) is 3. The number of hydrogen-bond acceptors (Lipinski definition) is 4. The van der Waals surface area contributed by atoms with Crippen molar-refractivity contribution in [3.63, 3.8) is 0 Å². The highest BCUT2D eigenvalue weighted by Gasteiger charge is 2.18. The molecule has 128 valence electrons. The van der Waals surface area contributed by atoms with E-state index < -0.39 is 10.0 Å². The zero-order valence-corrected chi connectivity index (χ0v) is 15.5. The van der Waals surface area contributed by atoms with Crippen LogP contribution >= 0.6 is 12.2 Å². The summed E-state index contributed by atoms with van der Waals surface area (Å²) in [6.45, 7) is 3.82. The van der Waals surface area contributed by atoms with Crippen molar-refractivity contribution in [1.29, 1.82) is 0 Å². The van der Waals surface area contributed by atoms with Crippen molar-refractivity contribution in [3.05, 3.63) is 24.3 Å². The zero-order valence-electron chi connectivity index (χ0n) is 13.8. The topological polar surface area (TPSA) is 55.9 Å². The van der Waals surface area contributed by atoms with Crippen LogP contribution in [0.15, 0.2) is 29.2 Å². The number of sulfonamides is 1. The van der Waals surface area contributed by atoms with E-state index in [1.54, 1.807) is 18.2 Å². The average Bonchev–Trinajstić information content (AvgIpc) is 2.72. The van der Waals surface area contributed by atoms with Crippen LogP contribution in [-0.2, 0) is 10.0 Å². The summed E-state index contributed by atoms with van der Waals surface area (Å²) in [6.07, 6.45) is 1.06. The molecule has 1 aliphatic heterocycles. The summed E-state index contributed by atoms with van der Waals surface area (Å²) in [6, 6.07) is 6.75. The predicted octanol–water partition coefficient (Wildman–Crippen LogP) is 1.27. The number of thiocarbonyl (C=S) groups is 1. The lowest BCUT2D eigenvalue weighted by molar-refractivity contribution is 0.347. The molecule has 1 fully saturated rings. The number of benzene rings is 1. The normalized spacial score (nSPS) is 17.1. The smallest absolute Gasteiger partial charge is 0.242 e. The molecule has 1 saturated heterocycles. The minimum Gasteiger partial charge on any atom is -0.348 e. The molecule has 1 aromatic rings. The Kier molecular flexibility index (Phi) is 5.96. The van der Waals surface area contributed by atoms with E-state index in [0.717, 1.165) is 32.6 Å². The van der Waals surface area contributed by atoms with E-state index in [0.29, 0.717) is 10.8 Å². The monoisotopic (exact) mass is 356 g/mol. The molecule has 1 aromatic carbocycles. The molecule has 0 aromatic heterocycles. The van der Waals surface area contributed by atoms with Gasteiger partial charge in [-0.05, 0) is 50.4 Å². The van der Waals surface area contributed by atoms with Gasteiger partial charge >= 0.3 is 0 Å². The quantitative estimate of drug-likeness (QED) is 0.823. The first kappa shape index (κ1) is 18.1. The summed E-state index contributed by atoms with van der Waals surface area (Å²) in [4.78, 5) is 4.67. The lowest BCUT2D eigenvalue weighted by Gasteiger charge is -2.24. The van der Waals surface area contributed by atoms with Gasteiger partial charge in [0.15, 0.2) is 5.11 Å². The molecule has 8 heteroatoms. The van der Waals surface area contributed by atoms with Crippen LogP contribution in [0.25, 0.3) is 0 Å². The van der Waals surface area contributed by atoms with Gasteiger partial charge in [0.2, 0.25) is 10.0 Å². The van der Waals surface area contributed by atoms with Gasteiger partial charge in [0.05, 0.1) is 4.90 Å². The van der Waals surface area contributed by atoms with E-state index in [2.05, 4.69) is 22.2 Å². The van der Waals surface area contributed by atoms with Crippen molar-refractivity contribution < 1.29 is 8.42 Å². The molecule has 0 atom stereocenters. The predicted molar refractivity (Wildman–Crippen MR) is 97.2 cm³/mol. The Labute approximate surface area is 144 Å². The van der Waals surface area contributed by atoms with Crippen molar-refractivity contribution in [2.45, 2.75) is 11.3 Å². The maximum absolute atomic E-state index is 12.2. The zero-order chi connectivity index (χ0) is 17.0. The average molecular weight is 357 g/mol. The molecule has 6 nitrogen and oxygen atoms in total. The summed E-state index contributed by atoms with van der Waals surface area (Å²) in [5.74, 6) is 0. The molecule has 2 rings (SSSR count). The van der Waals surface area contributed by atoms with Gasteiger partial charge in [-0.15, -0.1) is 0 Å². The first-order valence-electron chi connectivity index (χ1n) is 7.58.